The summed E-state index contributed by atoms with van der Waals surface area (Å²) >= 11 is 0. The van der Waals surface area contributed by atoms with E-state index in [9.17, 15) is 13.6 Å². The van der Waals surface area contributed by atoms with Crippen molar-refractivity contribution in [2.45, 2.75) is 19.4 Å². The minimum absolute atomic E-state index is 0. The summed E-state index contributed by atoms with van der Waals surface area (Å²) in [6.07, 6.45) is 0. The highest BCUT2D eigenvalue weighted by Crippen LogP contribution is 2.41. The highest BCUT2D eigenvalue weighted by Gasteiger charge is 2.26. The Kier molecular flexibility index (Phi) is 6.22. The van der Waals surface area contributed by atoms with Gasteiger partial charge in [0.1, 0.15) is 11.2 Å². The van der Waals surface area contributed by atoms with Crippen molar-refractivity contribution in [1.82, 2.24) is 9.13 Å². The van der Waals surface area contributed by atoms with Crippen LogP contribution in [0.15, 0.2) is 46.2 Å². The Labute approximate surface area is 183 Å². The Hall–Kier alpha value is -3.13. The molecular formula is C22H22ClF2N3O3. The second-order valence-electron chi connectivity index (χ2n) is 7.22. The molecule has 3 aromatic rings. The predicted molar refractivity (Wildman–Crippen MR) is 115 cm³/mol. The molecule has 1 unspecified atom stereocenters. The zero-order chi connectivity index (χ0) is 21.6. The van der Waals surface area contributed by atoms with Gasteiger partial charge in [-0.2, -0.15) is 0 Å². The number of methoxy groups -OCH3 is 2. The molecule has 1 atom stereocenters. The number of ether oxygens (including phenoxy) is 2. The Bertz CT molecular complexity index is 1260. The van der Waals surface area contributed by atoms with Gasteiger partial charge in [-0.15, -0.1) is 12.4 Å². The molecule has 31 heavy (non-hydrogen) atoms. The standard InChI is InChI=1S/C22H21F2N3O3.ClH/c1-12-11-27-17(14-9-19(30-4)18(29-3)8-13(12)14)10-20(26(2)22(27)28)25-21-15(23)6-5-7-16(21)24;/h5-10,12H,11H2,1-4H3;1H. The fourth-order valence-corrected chi connectivity index (χ4v) is 3.79. The zero-order valence-corrected chi connectivity index (χ0v) is 18.3. The minimum Gasteiger partial charge on any atom is -0.493 e. The topological polar surface area (TPSA) is 57.8 Å². The molecule has 0 bridgehead atoms. The van der Waals surface area contributed by atoms with Crippen LogP contribution in [0.2, 0.25) is 0 Å². The number of hydrogen-bond acceptors (Lipinski definition) is 4. The Morgan fingerprint density at radius 2 is 1.68 bits per heavy atom. The third kappa shape index (κ3) is 3.72. The summed E-state index contributed by atoms with van der Waals surface area (Å²) in [5, 5.41) is 0. The number of hydrogen-bond donors (Lipinski definition) is 0. The lowest BCUT2D eigenvalue weighted by atomic mass is 9.89. The quantitative estimate of drug-likeness (QED) is 0.609. The molecule has 4 rings (SSSR count). The number of fused-ring (bicyclic) bond motifs is 3. The summed E-state index contributed by atoms with van der Waals surface area (Å²) in [5.41, 5.74) is 1.76. The molecule has 9 heteroatoms. The van der Waals surface area contributed by atoms with Gasteiger partial charge in [-0.3, -0.25) is 9.13 Å². The molecule has 0 spiro atoms. The number of benzene rings is 2. The maximum absolute atomic E-state index is 14.1. The highest BCUT2D eigenvalue weighted by molar-refractivity contribution is 5.85. The van der Waals surface area contributed by atoms with E-state index in [4.69, 9.17) is 9.47 Å². The second-order valence-corrected chi connectivity index (χ2v) is 7.22. The van der Waals surface area contributed by atoms with E-state index >= 15 is 0 Å². The fourth-order valence-electron chi connectivity index (χ4n) is 3.79. The third-order valence-electron chi connectivity index (χ3n) is 5.40. The molecule has 0 aliphatic carbocycles. The first kappa shape index (κ1) is 22.6. The van der Waals surface area contributed by atoms with E-state index in [1.54, 1.807) is 17.7 Å². The molecule has 164 valence electrons. The van der Waals surface area contributed by atoms with Crippen LogP contribution >= 0.6 is 12.4 Å². The molecule has 0 N–H and O–H groups in total. The van der Waals surface area contributed by atoms with E-state index in [0.29, 0.717) is 23.7 Å². The van der Waals surface area contributed by atoms with Crippen molar-refractivity contribution in [3.05, 3.63) is 69.6 Å². The molecule has 2 heterocycles. The van der Waals surface area contributed by atoms with Gasteiger partial charge >= 0.3 is 5.69 Å². The lowest BCUT2D eigenvalue weighted by Crippen LogP contribution is -2.41. The molecule has 0 saturated heterocycles. The van der Waals surface area contributed by atoms with Crippen LogP contribution in [0.4, 0.5) is 14.5 Å². The summed E-state index contributed by atoms with van der Waals surface area (Å²) < 4.78 is 42.0. The van der Waals surface area contributed by atoms with Gasteiger partial charge in [-0.05, 0) is 29.8 Å². The largest absolute Gasteiger partial charge is 0.493 e. The zero-order valence-electron chi connectivity index (χ0n) is 17.5. The smallest absolute Gasteiger partial charge is 0.329 e. The van der Waals surface area contributed by atoms with Crippen molar-refractivity contribution in [2.24, 2.45) is 12.0 Å². The molecule has 2 aromatic carbocycles. The van der Waals surface area contributed by atoms with Gasteiger partial charge in [-0.25, -0.2) is 18.6 Å². The molecule has 1 aliphatic heterocycles. The van der Waals surface area contributed by atoms with E-state index < -0.39 is 17.3 Å². The van der Waals surface area contributed by atoms with Crippen LogP contribution in [0.3, 0.4) is 0 Å². The molecule has 0 amide bonds. The summed E-state index contributed by atoms with van der Waals surface area (Å²) in [5.74, 6) is -0.423. The third-order valence-corrected chi connectivity index (χ3v) is 5.40. The van der Waals surface area contributed by atoms with Crippen LogP contribution in [0, 0.1) is 11.6 Å². The number of aromatic nitrogens is 2. The maximum Gasteiger partial charge on any atom is 0.329 e. The van der Waals surface area contributed by atoms with E-state index in [-0.39, 0.29) is 29.5 Å². The first-order chi connectivity index (χ1) is 14.3. The average molecular weight is 450 g/mol. The maximum atomic E-state index is 14.1. The minimum atomic E-state index is -0.798. The van der Waals surface area contributed by atoms with Crippen molar-refractivity contribution in [2.75, 3.05) is 14.2 Å². The summed E-state index contributed by atoms with van der Waals surface area (Å²) in [4.78, 5) is 17.2. The van der Waals surface area contributed by atoms with Crippen molar-refractivity contribution in [3.63, 3.8) is 0 Å². The molecule has 0 radical (unpaired) electrons. The van der Waals surface area contributed by atoms with Gasteiger partial charge in [0.2, 0.25) is 0 Å². The normalized spacial score (nSPS) is 15.0. The fraction of sp³-hybridized carbons (Fsp3) is 0.273. The lowest BCUT2D eigenvalue weighted by Gasteiger charge is -2.28. The van der Waals surface area contributed by atoms with Crippen LogP contribution in [-0.2, 0) is 13.6 Å². The van der Waals surface area contributed by atoms with Crippen LogP contribution < -0.4 is 20.7 Å². The first-order valence-corrected chi connectivity index (χ1v) is 9.41. The predicted octanol–water partition coefficient (Wildman–Crippen LogP) is 3.92. The van der Waals surface area contributed by atoms with E-state index in [1.807, 2.05) is 19.1 Å². The summed E-state index contributed by atoms with van der Waals surface area (Å²) in [6.45, 7) is 2.48. The van der Waals surface area contributed by atoms with Gasteiger partial charge in [0.05, 0.1) is 19.9 Å². The second kappa shape index (κ2) is 8.55. The van der Waals surface area contributed by atoms with Crippen LogP contribution in [0.5, 0.6) is 11.5 Å². The number of para-hydroxylation sites is 1. The number of rotatable bonds is 3. The van der Waals surface area contributed by atoms with Gasteiger partial charge in [0, 0.05) is 31.1 Å². The molecular weight excluding hydrogens is 428 g/mol. The highest BCUT2D eigenvalue weighted by atomic mass is 35.5. The molecule has 0 saturated carbocycles. The summed E-state index contributed by atoms with van der Waals surface area (Å²) in [7, 11) is 4.63. The molecule has 0 fully saturated rings. The van der Waals surface area contributed by atoms with Crippen molar-refractivity contribution >= 4 is 18.1 Å². The first-order valence-electron chi connectivity index (χ1n) is 9.41. The molecule has 6 nitrogen and oxygen atoms in total. The number of nitrogens with zero attached hydrogens (tertiary/aromatic N) is 3. The van der Waals surface area contributed by atoms with Gasteiger partial charge in [0.25, 0.3) is 0 Å². The van der Waals surface area contributed by atoms with E-state index in [1.165, 1.54) is 24.8 Å². The van der Waals surface area contributed by atoms with Gasteiger partial charge in [-0.1, -0.05) is 13.0 Å². The van der Waals surface area contributed by atoms with E-state index in [2.05, 4.69) is 4.99 Å². The SMILES string of the molecule is COc1cc2c(cc1OC)C(C)Cn1c-2cc(=Nc2c(F)cccc2F)n(C)c1=O.Cl. The van der Waals surface area contributed by atoms with E-state index in [0.717, 1.165) is 23.3 Å². The molecule has 1 aromatic heterocycles. The van der Waals surface area contributed by atoms with Crippen LogP contribution in [0.1, 0.15) is 18.4 Å². The van der Waals surface area contributed by atoms with Crippen LogP contribution in [-0.4, -0.2) is 23.4 Å². The monoisotopic (exact) mass is 449 g/mol. The Morgan fingerprint density at radius 3 is 2.29 bits per heavy atom. The Morgan fingerprint density at radius 1 is 1.06 bits per heavy atom. The number of halogens is 3. The Balaban J connectivity index is 0.00000272. The van der Waals surface area contributed by atoms with Gasteiger partial charge < -0.3 is 9.47 Å². The summed E-state index contributed by atoms with van der Waals surface area (Å²) in [6, 6.07) is 8.88. The van der Waals surface area contributed by atoms with Crippen LogP contribution in [0.25, 0.3) is 11.3 Å². The molecule has 1 aliphatic rings. The van der Waals surface area contributed by atoms with Crippen molar-refractivity contribution < 1.29 is 18.3 Å². The lowest BCUT2D eigenvalue weighted by molar-refractivity contribution is 0.354. The van der Waals surface area contributed by atoms with Crippen molar-refractivity contribution in [1.29, 1.82) is 0 Å². The van der Waals surface area contributed by atoms with Gasteiger partial charge in [0.15, 0.2) is 23.1 Å². The average Bonchev–Trinajstić information content (AvgIpc) is 2.74. The van der Waals surface area contributed by atoms with Crippen molar-refractivity contribution in [3.8, 4) is 22.8 Å².